The van der Waals surface area contributed by atoms with E-state index in [2.05, 4.69) is 31.1 Å². The second-order valence-corrected chi connectivity index (χ2v) is 9.05. The van der Waals surface area contributed by atoms with E-state index in [0.717, 1.165) is 17.7 Å². The van der Waals surface area contributed by atoms with Gasteiger partial charge in [-0.1, -0.05) is 32.9 Å². The molecule has 1 N–H and O–H groups in total. The predicted molar refractivity (Wildman–Crippen MR) is 105 cm³/mol. The second kappa shape index (κ2) is 7.19. The molecule has 1 aliphatic carbocycles. The van der Waals surface area contributed by atoms with E-state index >= 15 is 0 Å². The topological polar surface area (TPSA) is 62.3 Å². The van der Waals surface area contributed by atoms with Gasteiger partial charge in [-0.15, -0.1) is 11.3 Å². The zero-order valence-electron chi connectivity index (χ0n) is 15.7. The van der Waals surface area contributed by atoms with Crippen LogP contribution in [0.25, 0.3) is 0 Å². The molecule has 1 fully saturated rings. The Morgan fingerprint density at radius 3 is 2.38 bits per heavy atom. The van der Waals surface area contributed by atoms with Crippen molar-refractivity contribution in [2.75, 3.05) is 11.9 Å². The molecule has 0 unspecified atom stereocenters. The molecule has 2 aromatic rings. The van der Waals surface area contributed by atoms with Gasteiger partial charge in [0.15, 0.2) is 5.13 Å². The van der Waals surface area contributed by atoms with Crippen LogP contribution in [0.4, 0.5) is 5.13 Å². The normalized spacial score (nSPS) is 14.2. The highest BCUT2D eigenvalue weighted by Gasteiger charge is 2.34. The third-order valence-electron chi connectivity index (χ3n) is 4.43. The quantitative estimate of drug-likeness (QED) is 0.864. The number of benzene rings is 1. The van der Waals surface area contributed by atoms with Crippen LogP contribution in [0.5, 0.6) is 0 Å². The van der Waals surface area contributed by atoms with E-state index in [0.29, 0.717) is 10.7 Å². The van der Waals surface area contributed by atoms with Crippen LogP contribution in [0, 0.1) is 6.92 Å². The molecule has 0 radical (unpaired) electrons. The molecule has 0 bridgehead atoms. The first-order valence-corrected chi connectivity index (χ1v) is 9.69. The third kappa shape index (κ3) is 4.49. The number of anilines is 1. The van der Waals surface area contributed by atoms with Gasteiger partial charge in [0.1, 0.15) is 6.54 Å². The first kappa shape index (κ1) is 18.6. The van der Waals surface area contributed by atoms with Gasteiger partial charge < -0.3 is 10.2 Å². The van der Waals surface area contributed by atoms with Gasteiger partial charge in [-0.25, -0.2) is 4.98 Å². The van der Waals surface area contributed by atoms with E-state index in [9.17, 15) is 9.59 Å². The number of hydrogen-bond donors (Lipinski definition) is 1. The molecule has 1 aliphatic rings. The SMILES string of the molecule is Cc1cnc(NC(=O)CN(C(=O)c2ccc(C(C)(C)C)cc2)C2CC2)s1. The third-order valence-corrected chi connectivity index (χ3v) is 5.26. The average molecular weight is 372 g/mol. The summed E-state index contributed by atoms with van der Waals surface area (Å²) in [6.07, 6.45) is 3.63. The molecule has 0 spiro atoms. The molecule has 5 nitrogen and oxygen atoms in total. The maximum absolute atomic E-state index is 12.9. The Morgan fingerprint density at radius 1 is 1.23 bits per heavy atom. The summed E-state index contributed by atoms with van der Waals surface area (Å²) in [6, 6.07) is 7.88. The van der Waals surface area contributed by atoms with Gasteiger partial charge in [-0.3, -0.25) is 9.59 Å². The summed E-state index contributed by atoms with van der Waals surface area (Å²) in [5.41, 5.74) is 1.86. The lowest BCUT2D eigenvalue weighted by Crippen LogP contribution is -2.39. The maximum Gasteiger partial charge on any atom is 0.254 e. The minimum atomic E-state index is -0.203. The summed E-state index contributed by atoms with van der Waals surface area (Å²) in [7, 11) is 0. The molecule has 1 aromatic carbocycles. The molecule has 3 rings (SSSR count). The zero-order valence-corrected chi connectivity index (χ0v) is 16.5. The van der Waals surface area contributed by atoms with Crippen molar-refractivity contribution in [3.63, 3.8) is 0 Å². The summed E-state index contributed by atoms with van der Waals surface area (Å²) < 4.78 is 0. The second-order valence-electron chi connectivity index (χ2n) is 7.82. The van der Waals surface area contributed by atoms with Crippen molar-refractivity contribution in [2.45, 2.75) is 52.0 Å². The molecule has 1 heterocycles. The van der Waals surface area contributed by atoms with E-state index in [4.69, 9.17) is 0 Å². The Kier molecular flexibility index (Phi) is 5.14. The zero-order chi connectivity index (χ0) is 18.9. The fourth-order valence-corrected chi connectivity index (χ4v) is 3.44. The van der Waals surface area contributed by atoms with Crippen molar-refractivity contribution < 1.29 is 9.59 Å². The molecule has 0 atom stereocenters. The molecule has 6 heteroatoms. The van der Waals surface area contributed by atoms with Crippen LogP contribution in [0.2, 0.25) is 0 Å². The van der Waals surface area contributed by atoms with Crippen LogP contribution < -0.4 is 5.32 Å². The van der Waals surface area contributed by atoms with E-state index < -0.39 is 0 Å². The number of hydrogen-bond acceptors (Lipinski definition) is 4. The molecule has 0 aliphatic heterocycles. The van der Waals surface area contributed by atoms with Crippen LogP contribution in [0.1, 0.15) is 54.4 Å². The van der Waals surface area contributed by atoms with Gasteiger partial charge in [0.05, 0.1) is 0 Å². The summed E-state index contributed by atoms with van der Waals surface area (Å²) >= 11 is 1.43. The van der Waals surface area contributed by atoms with Crippen molar-refractivity contribution in [3.8, 4) is 0 Å². The van der Waals surface area contributed by atoms with E-state index in [1.165, 1.54) is 16.9 Å². The summed E-state index contributed by atoms with van der Waals surface area (Å²) in [5.74, 6) is -0.288. The molecule has 1 saturated carbocycles. The Labute approximate surface area is 158 Å². The van der Waals surface area contributed by atoms with Crippen molar-refractivity contribution in [3.05, 3.63) is 46.5 Å². The summed E-state index contributed by atoms with van der Waals surface area (Å²) in [5, 5.41) is 3.36. The predicted octanol–water partition coefficient (Wildman–Crippen LogP) is 3.99. The molecule has 26 heavy (non-hydrogen) atoms. The van der Waals surface area contributed by atoms with Gasteiger partial charge in [-0.2, -0.15) is 0 Å². The number of aryl methyl sites for hydroxylation is 1. The van der Waals surface area contributed by atoms with Gasteiger partial charge in [0.2, 0.25) is 5.91 Å². The highest BCUT2D eigenvalue weighted by Crippen LogP contribution is 2.29. The Bertz CT molecular complexity index is 801. The number of nitrogens with zero attached hydrogens (tertiary/aromatic N) is 2. The van der Waals surface area contributed by atoms with Crippen LogP contribution in [-0.4, -0.2) is 34.3 Å². The molecule has 1 aromatic heterocycles. The number of carbonyl (C=O) groups excluding carboxylic acids is 2. The van der Waals surface area contributed by atoms with Crippen molar-refractivity contribution in [1.29, 1.82) is 0 Å². The number of aromatic nitrogens is 1. The first-order valence-electron chi connectivity index (χ1n) is 8.88. The molecular weight excluding hydrogens is 346 g/mol. The number of nitrogens with one attached hydrogen (secondary N) is 1. The fourth-order valence-electron chi connectivity index (χ4n) is 2.76. The van der Waals surface area contributed by atoms with E-state index in [-0.39, 0.29) is 29.8 Å². The van der Waals surface area contributed by atoms with Gasteiger partial charge in [-0.05, 0) is 42.9 Å². The first-order chi connectivity index (χ1) is 12.2. The van der Waals surface area contributed by atoms with Gasteiger partial charge in [0, 0.05) is 22.7 Å². The number of amides is 2. The smallest absolute Gasteiger partial charge is 0.254 e. The average Bonchev–Trinajstić information content (AvgIpc) is 3.34. The Hall–Kier alpha value is -2.21. The van der Waals surface area contributed by atoms with Gasteiger partial charge in [0.25, 0.3) is 5.91 Å². The Morgan fingerprint density at radius 2 is 1.88 bits per heavy atom. The van der Waals surface area contributed by atoms with Crippen molar-refractivity contribution >= 4 is 28.3 Å². The highest BCUT2D eigenvalue weighted by atomic mass is 32.1. The standard InChI is InChI=1S/C20H25N3O2S/c1-13-11-21-19(26-13)22-17(24)12-23(16-9-10-16)18(25)14-5-7-15(8-6-14)20(2,3)4/h5-8,11,16H,9-10,12H2,1-4H3,(H,21,22,24). The lowest BCUT2D eigenvalue weighted by Gasteiger charge is -2.23. The lowest BCUT2D eigenvalue weighted by molar-refractivity contribution is -0.117. The van der Waals surface area contributed by atoms with E-state index in [1.807, 2.05) is 31.2 Å². The maximum atomic E-state index is 12.9. The van der Waals surface area contributed by atoms with Crippen LogP contribution in [-0.2, 0) is 10.2 Å². The largest absolute Gasteiger partial charge is 0.326 e. The van der Waals surface area contributed by atoms with Crippen molar-refractivity contribution in [1.82, 2.24) is 9.88 Å². The Balaban J connectivity index is 1.69. The minimum absolute atomic E-state index is 0.0451. The number of carbonyl (C=O) groups is 2. The van der Waals surface area contributed by atoms with Crippen LogP contribution in [0.3, 0.4) is 0 Å². The highest BCUT2D eigenvalue weighted by molar-refractivity contribution is 7.15. The monoisotopic (exact) mass is 371 g/mol. The molecular formula is C20H25N3O2S. The number of rotatable bonds is 5. The molecule has 138 valence electrons. The molecule has 2 amide bonds. The van der Waals surface area contributed by atoms with Gasteiger partial charge >= 0.3 is 0 Å². The lowest BCUT2D eigenvalue weighted by atomic mass is 9.86. The van der Waals surface area contributed by atoms with Crippen molar-refractivity contribution in [2.24, 2.45) is 0 Å². The minimum Gasteiger partial charge on any atom is -0.326 e. The molecule has 0 saturated heterocycles. The summed E-state index contributed by atoms with van der Waals surface area (Å²) in [6.45, 7) is 8.43. The van der Waals surface area contributed by atoms with Crippen LogP contribution >= 0.6 is 11.3 Å². The van der Waals surface area contributed by atoms with Crippen LogP contribution in [0.15, 0.2) is 30.5 Å². The number of thiazole rings is 1. The fraction of sp³-hybridized carbons (Fsp3) is 0.450. The van der Waals surface area contributed by atoms with E-state index in [1.54, 1.807) is 11.1 Å². The summed E-state index contributed by atoms with van der Waals surface area (Å²) in [4.78, 5) is 32.1.